The van der Waals surface area contributed by atoms with Gasteiger partial charge < -0.3 is 9.47 Å². The van der Waals surface area contributed by atoms with E-state index in [0.29, 0.717) is 24.5 Å². The predicted molar refractivity (Wildman–Crippen MR) is 56.5 cm³/mol. The normalized spacial score (nSPS) is 39.1. The van der Waals surface area contributed by atoms with Gasteiger partial charge in [-0.05, 0) is 26.2 Å². The van der Waals surface area contributed by atoms with Crippen molar-refractivity contribution < 1.29 is 14.3 Å². The van der Waals surface area contributed by atoms with Crippen molar-refractivity contribution in [3.63, 3.8) is 0 Å². The summed E-state index contributed by atoms with van der Waals surface area (Å²) >= 11 is 0. The Kier molecular flexibility index (Phi) is 2.86. The molecule has 3 atom stereocenters. The molecule has 1 saturated carbocycles. The Balaban J connectivity index is 2.10. The maximum atomic E-state index is 11.6. The van der Waals surface area contributed by atoms with Crippen LogP contribution in [0, 0.1) is 5.92 Å². The van der Waals surface area contributed by atoms with Crippen molar-refractivity contribution in [2.24, 2.45) is 5.92 Å². The molecule has 0 spiro atoms. The zero-order valence-electron chi connectivity index (χ0n) is 9.79. The van der Waals surface area contributed by atoms with E-state index >= 15 is 0 Å². The van der Waals surface area contributed by atoms with Crippen molar-refractivity contribution in [3.8, 4) is 0 Å². The van der Waals surface area contributed by atoms with Gasteiger partial charge in [0.1, 0.15) is 5.78 Å². The molecular weight excluding hydrogens is 192 g/mol. The number of Topliss-reactive ketones (excluding diaryl/α,β-unsaturated/α-hetero) is 1. The van der Waals surface area contributed by atoms with Crippen LogP contribution < -0.4 is 0 Å². The second-order valence-electron chi connectivity index (χ2n) is 5.13. The minimum atomic E-state index is -0.508. The molecule has 0 unspecified atom stereocenters. The lowest BCUT2D eigenvalue weighted by Crippen LogP contribution is -2.39. The number of ether oxygens (including phenoxy) is 2. The third-order valence-corrected chi connectivity index (χ3v) is 3.26. The molecule has 1 aliphatic heterocycles. The fourth-order valence-corrected chi connectivity index (χ4v) is 2.77. The predicted octanol–water partition coefficient (Wildman–Crippen LogP) is 2.29. The first kappa shape index (κ1) is 11.1. The zero-order valence-corrected chi connectivity index (χ0v) is 9.79. The van der Waals surface area contributed by atoms with Gasteiger partial charge in [-0.2, -0.15) is 0 Å². The second kappa shape index (κ2) is 3.87. The number of hydrogen-bond donors (Lipinski definition) is 0. The van der Waals surface area contributed by atoms with E-state index in [-0.39, 0.29) is 12.2 Å². The lowest BCUT2D eigenvalue weighted by molar-refractivity contribution is -0.149. The van der Waals surface area contributed by atoms with Crippen molar-refractivity contribution in [2.75, 3.05) is 0 Å². The second-order valence-corrected chi connectivity index (χ2v) is 5.13. The van der Waals surface area contributed by atoms with Crippen molar-refractivity contribution in [3.05, 3.63) is 0 Å². The molecule has 0 amide bonds. The Labute approximate surface area is 91.1 Å². The highest BCUT2D eigenvalue weighted by atomic mass is 16.8. The SMILES string of the molecule is CCC[C@@H]1CC(=O)C[C@H]2OC(C)(C)O[C@@H]12. The van der Waals surface area contributed by atoms with Gasteiger partial charge in [0.25, 0.3) is 0 Å². The molecule has 0 aromatic rings. The van der Waals surface area contributed by atoms with Crippen LogP contribution in [-0.4, -0.2) is 23.8 Å². The van der Waals surface area contributed by atoms with Crippen LogP contribution in [0.25, 0.3) is 0 Å². The summed E-state index contributed by atoms with van der Waals surface area (Å²) in [5.74, 6) is 0.186. The average Bonchev–Trinajstić information content (AvgIpc) is 2.40. The highest BCUT2D eigenvalue weighted by Crippen LogP contribution is 2.40. The first-order valence-corrected chi connectivity index (χ1v) is 5.89. The summed E-state index contributed by atoms with van der Waals surface area (Å²) in [6.07, 6.45) is 3.51. The summed E-state index contributed by atoms with van der Waals surface area (Å²) in [7, 11) is 0. The van der Waals surface area contributed by atoms with Gasteiger partial charge in [0, 0.05) is 12.8 Å². The molecule has 0 N–H and O–H groups in total. The van der Waals surface area contributed by atoms with E-state index in [1.807, 2.05) is 13.8 Å². The number of carbonyl (C=O) groups is 1. The van der Waals surface area contributed by atoms with Crippen molar-refractivity contribution >= 4 is 5.78 Å². The number of ketones is 1. The summed E-state index contributed by atoms with van der Waals surface area (Å²) in [5, 5.41) is 0. The van der Waals surface area contributed by atoms with Crippen LogP contribution >= 0.6 is 0 Å². The molecule has 1 saturated heterocycles. The average molecular weight is 212 g/mol. The maximum Gasteiger partial charge on any atom is 0.163 e. The molecule has 2 fully saturated rings. The van der Waals surface area contributed by atoms with Crippen LogP contribution in [0.4, 0.5) is 0 Å². The van der Waals surface area contributed by atoms with Crippen molar-refractivity contribution in [2.45, 2.75) is 64.4 Å². The van der Waals surface area contributed by atoms with E-state index in [4.69, 9.17) is 9.47 Å². The monoisotopic (exact) mass is 212 g/mol. The van der Waals surface area contributed by atoms with E-state index in [2.05, 4.69) is 6.92 Å². The van der Waals surface area contributed by atoms with Gasteiger partial charge in [0.15, 0.2) is 5.79 Å². The standard InChI is InChI=1S/C12H20O3/c1-4-5-8-6-9(13)7-10-11(8)15-12(2,3)14-10/h8,10-11H,4-7H2,1-3H3/t8-,10-,11+/m1/s1. The van der Waals surface area contributed by atoms with Crippen LogP contribution in [-0.2, 0) is 14.3 Å². The molecule has 3 heteroatoms. The Morgan fingerprint density at radius 3 is 2.73 bits per heavy atom. The molecule has 0 aromatic heterocycles. The molecule has 0 radical (unpaired) electrons. The topological polar surface area (TPSA) is 35.5 Å². The molecule has 0 aromatic carbocycles. The van der Waals surface area contributed by atoms with Gasteiger partial charge in [0.2, 0.25) is 0 Å². The summed E-state index contributed by atoms with van der Waals surface area (Å²) in [5.41, 5.74) is 0. The van der Waals surface area contributed by atoms with Gasteiger partial charge in [0.05, 0.1) is 12.2 Å². The third-order valence-electron chi connectivity index (χ3n) is 3.26. The lowest BCUT2D eigenvalue weighted by atomic mass is 9.81. The smallest absolute Gasteiger partial charge is 0.163 e. The molecule has 2 aliphatic rings. The van der Waals surface area contributed by atoms with E-state index in [1.165, 1.54) is 0 Å². The van der Waals surface area contributed by atoms with E-state index in [0.717, 1.165) is 12.8 Å². The minimum absolute atomic E-state index is 0.00204. The molecule has 86 valence electrons. The number of rotatable bonds is 2. The largest absolute Gasteiger partial charge is 0.344 e. The molecule has 15 heavy (non-hydrogen) atoms. The summed E-state index contributed by atoms with van der Waals surface area (Å²) in [6.45, 7) is 6.01. The van der Waals surface area contributed by atoms with Crippen LogP contribution in [0.2, 0.25) is 0 Å². The Bertz CT molecular complexity index is 260. The van der Waals surface area contributed by atoms with Crippen molar-refractivity contribution in [1.29, 1.82) is 0 Å². The zero-order chi connectivity index (χ0) is 11.1. The van der Waals surface area contributed by atoms with Crippen LogP contribution in [0.1, 0.15) is 46.5 Å². The Morgan fingerprint density at radius 1 is 1.33 bits per heavy atom. The maximum absolute atomic E-state index is 11.6. The van der Waals surface area contributed by atoms with Crippen LogP contribution in [0.3, 0.4) is 0 Å². The highest BCUT2D eigenvalue weighted by molar-refractivity contribution is 5.80. The first-order chi connectivity index (χ1) is 7.02. The fraction of sp³-hybridized carbons (Fsp3) is 0.917. The molecule has 3 nitrogen and oxygen atoms in total. The van der Waals surface area contributed by atoms with E-state index in [1.54, 1.807) is 0 Å². The molecule has 0 bridgehead atoms. The van der Waals surface area contributed by atoms with Crippen LogP contribution in [0.5, 0.6) is 0 Å². The quantitative estimate of drug-likeness (QED) is 0.704. The Morgan fingerprint density at radius 2 is 2.07 bits per heavy atom. The third kappa shape index (κ3) is 2.23. The summed E-state index contributed by atoms with van der Waals surface area (Å²) in [4.78, 5) is 11.6. The lowest BCUT2D eigenvalue weighted by Gasteiger charge is -2.30. The van der Waals surface area contributed by atoms with Gasteiger partial charge >= 0.3 is 0 Å². The number of carbonyl (C=O) groups excluding carboxylic acids is 1. The fourth-order valence-electron chi connectivity index (χ4n) is 2.77. The van der Waals surface area contributed by atoms with Crippen LogP contribution in [0.15, 0.2) is 0 Å². The molecule has 1 heterocycles. The highest BCUT2D eigenvalue weighted by Gasteiger charge is 2.48. The van der Waals surface area contributed by atoms with E-state index < -0.39 is 5.79 Å². The summed E-state index contributed by atoms with van der Waals surface area (Å²) in [6, 6.07) is 0. The first-order valence-electron chi connectivity index (χ1n) is 5.89. The molecule has 2 rings (SSSR count). The van der Waals surface area contributed by atoms with Crippen molar-refractivity contribution in [1.82, 2.24) is 0 Å². The number of hydrogen-bond acceptors (Lipinski definition) is 3. The van der Waals surface area contributed by atoms with Gasteiger partial charge in [-0.15, -0.1) is 0 Å². The van der Waals surface area contributed by atoms with E-state index in [9.17, 15) is 4.79 Å². The van der Waals surface area contributed by atoms with Gasteiger partial charge in [-0.3, -0.25) is 4.79 Å². The minimum Gasteiger partial charge on any atom is -0.344 e. The Hall–Kier alpha value is -0.410. The van der Waals surface area contributed by atoms with Gasteiger partial charge in [-0.1, -0.05) is 13.3 Å². The van der Waals surface area contributed by atoms with Gasteiger partial charge in [-0.25, -0.2) is 0 Å². The summed E-state index contributed by atoms with van der Waals surface area (Å²) < 4.78 is 11.6. The molecular formula is C12H20O3. The number of fused-ring (bicyclic) bond motifs is 1. The molecule has 1 aliphatic carbocycles.